The number of hydrogen-bond acceptors (Lipinski definition) is 5. The molecule has 0 aromatic carbocycles. The van der Waals surface area contributed by atoms with Crippen LogP contribution in [0.25, 0.3) is 0 Å². The van der Waals surface area contributed by atoms with Gasteiger partial charge in [0.15, 0.2) is 8.32 Å². The first-order valence-corrected chi connectivity index (χ1v) is 19.9. The summed E-state index contributed by atoms with van der Waals surface area (Å²) in [4.78, 5) is 0. The topological polar surface area (TPSA) is 90.2 Å². The van der Waals surface area contributed by atoms with Crippen molar-refractivity contribution in [2.75, 3.05) is 33.0 Å². The third-order valence-corrected chi connectivity index (χ3v) is 14.1. The number of aliphatic hydroxyl groups excluding tert-OH is 4. The maximum Gasteiger partial charge on any atom is 0.187 e. The predicted octanol–water partition coefficient (Wildman–Crippen LogP) is 5.51. The lowest BCUT2D eigenvalue weighted by molar-refractivity contribution is 0.00837. The van der Waals surface area contributed by atoms with Crippen molar-refractivity contribution < 1.29 is 24.9 Å². The molecule has 200 valence electrons. The van der Waals surface area contributed by atoms with Crippen LogP contribution >= 0.6 is 0 Å². The molecule has 0 spiro atoms. The van der Waals surface area contributed by atoms with Crippen molar-refractivity contribution in [3.8, 4) is 0 Å². The van der Waals surface area contributed by atoms with Gasteiger partial charge in [-0.3, -0.25) is 0 Å². The first-order chi connectivity index (χ1) is 15.3. The van der Waals surface area contributed by atoms with E-state index in [0.29, 0.717) is 12.5 Å². The van der Waals surface area contributed by atoms with Crippen LogP contribution < -0.4 is 0 Å². The Bertz CT molecular complexity index is 444. The maximum atomic E-state index is 9.74. The molecule has 0 aliphatic rings. The SMILES string of the molecule is CCC(CO)(CO)CC[Si](C)(C)CC(C)CCCC(C)C[Si](C)(C)OCC(CC)(CO)CO. The van der Waals surface area contributed by atoms with E-state index in [0.717, 1.165) is 31.2 Å². The Labute approximate surface area is 207 Å². The smallest absolute Gasteiger partial charge is 0.187 e. The summed E-state index contributed by atoms with van der Waals surface area (Å²) in [5, 5.41) is 38.8. The van der Waals surface area contributed by atoms with Crippen LogP contribution in [0.5, 0.6) is 0 Å². The molecule has 0 heterocycles. The van der Waals surface area contributed by atoms with E-state index in [1.165, 1.54) is 31.4 Å². The molecule has 5 nitrogen and oxygen atoms in total. The second-order valence-corrected chi connectivity index (χ2v) is 22.1. The van der Waals surface area contributed by atoms with Gasteiger partial charge in [0.25, 0.3) is 0 Å². The average molecular weight is 507 g/mol. The molecule has 4 N–H and O–H groups in total. The Morgan fingerprint density at radius 2 is 1.18 bits per heavy atom. The molecular weight excluding hydrogens is 448 g/mol. The van der Waals surface area contributed by atoms with Crippen LogP contribution in [-0.2, 0) is 4.43 Å². The summed E-state index contributed by atoms with van der Waals surface area (Å²) in [5.74, 6) is 1.35. The van der Waals surface area contributed by atoms with Gasteiger partial charge in [-0.25, -0.2) is 0 Å². The normalized spacial score (nSPS) is 15.6. The number of aliphatic hydroxyl groups is 4. The molecule has 0 amide bonds. The minimum absolute atomic E-state index is 0.0307. The quantitative estimate of drug-likeness (QED) is 0.163. The van der Waals surface area contributed by atoms with Gasteiger partial charge in [0.05, 0.1) is 26.4 Å². The zero-order valence-electron chi connectivity index (χ0n) is 23.3. The first-order valence-electron chi connectivity index (χ1n) is 13.3. The number of rotatable bonds is 20. The van der Waals surface area contributed by atoms with Crippen molar-refractivity contribution in [2.24, 2.45) is 22.7 Å². The Morgan fingerprint density at radius 1 is 0.727 bits per heavy atom. The molecule has 0 aliphatic carbocycles. The monoisotopic (exact) mass is 506 g/mol. The summed E-state index contributed by atoms with van der Waals surface area (Å²) in [7, 11) is -3.19. The van der Waals surface area contributed by atoms with Crippen molar-refractivity contribution in [3.63, 3.8) is 0 Å². The number of hydrogen-bond donors (Lipinski definition) is 4. The molecule has 0 aliphatic heterocycles. The highest BCUT2D eigenvalue weighted by Crippen LogP contribution is 2.34. The van der Waals surface area contributed by atoms with E-state index >= 15 is 0 Å². The summed E-state index contributed by atoms with van der Waals surface area (Å²) in [6.45, 7) is 18.8. The van der Waals surface area contributed by atoms with Crippen LogP contribution in [0.2, 0.25) is 44.3 Å². The van der Waals surface area contributed by atoms with Crippen molar-refractivity contribution in [2.45, 2.75) is 111 Å². The van der Waals surface area contributed by atoms with Crippen LogP contribution in [0.1, 0.15) is 66.2 Å². The second-order valence-electron chi connectivity index (χ2n) is 12.6. The highest BCUT2D eigenvalue weighted by atomic mass is 28.4. The second kappa shape index (κ2) is 15.4. The zero-order valence-corrected chi connectivity index (χ0v) is 25.3. The van der Waals surface area contributed by atoms with Crippen molar-refractivity contribution in [1.82, 2.24) is 0 Å². The van der Waals surface area contributed by atoms with Crippen LogP contribution in [0, 0.1) is 22.7 Å². The fourth-order valence-electron chi connectivity index (χ4n) is 4.99. The Kier molecular flexibility index (Phi) is 15.5. The molecule has 0 rings (SSSR count). The lowest BCUT2D eigenvalue weighted by Crippen LogP contribution is -2.41. The molecule has 0 fully saturated rings. The third kappa shape index (κ3) is 12.7. The summed E-state index contributed by atoms with van der Waals surface area (Å²) in [6.07, 6.45) is 6.22. The van der Waals surface area contributed by atoms with Crippen LogP contribution in [-0.4, -0.2) is 69.9 Å². The largest absolute Gasteiger partial charge is 0.417 e. The molecule has 33 heavy (non-hydrogen) atoms. The summed E-state index contributed by atoms with van der Waals surface area (Å²) < 4.78 is 6.30. The third-order valence-electron chi connectivity index (χ3n) is 8.08. The molecular formula is C26H58O5Si2. The van der Waals surface area contributed by atoms with Crippen LogP contribution in [0.4, 0.5) is 0 Å². The Morgan fingerprint density at radius 3 is 1.61 bits per heavy atom. The van der Waals surface area contributed by atoms with Gasteiger partial charge in [0, 0.05) is 25.5 Å². The lowest BCUT2D eigenvalue weighted by Gasteiger charge is -2.34. The van der Waals surface area contributed by atoms with E-state index in [1.54, 1.807) is 0 Å². The van der Waals surface area contributed by atoms with E-state index in [2.05, 4.69) is 47.0 Å². The highest BCUT2D eigenvalue weighted by Gasteiger charge is 2.33. The summed E-state index contributed by atoms with van der Waals surface area (Å²) in [5.41, 5.74) is -0.808. The molecule has 0 bridgehead atoms. The molecule has 0 saturated carbocycles. The molecule has 0 radical (unpaired) electrons. The van der Waals surface area contributed by atoms with E-state index < -0.39 is 21.8 Å². The Hall–Kier alpha value is 0.234. The molecule has 0 saturated heterocycles. The molecule has 0 aromatic heterocycles. The van der Waals surface area contributed by atoms with Gasteiger partial charge in [-0.2, -0.15) is 0 Å². The molecule has 2 atom stereocenters. The van der Waals surface area contributed by atoms with E-state index in [-0.39, 0.29) is 31.8 Å². The fraction of sp³-hybridized carbons (Fsp3) is 1.00. The van der Waals surface area contributed by atoms with Crippen molar-refractivity contribution >= 4 is 16.4 Å². The van der Waals surface area contributed by atoms with Gasteiger partial charge in [0.1, 0.15) is 0 Å². The van der Waals surface area contributed by atoms with Gasteiger partial charge < -0.3 is 24.9 Å². The van der Waals surface area contributed by atoms with Crippen molar-refractivity contribution in [1.29, 1.82) is 0 Å². The molecule has 2 unspecified atom stereocenters. The minimum Gasteiger partial charge on any atom is -0.417 e. The fourth-order valence-corrected chi connectivity index (χ4v) is 11.2. The van der Waals surface area contributed by atoms with E-state index in [1.807, 2.05) is 6.92 Å². The summed E-state index contributed by atoms with van der Waals surface area (Å²) >= 11 is 0. The average Bonchev–Trinajstić information content (AvgIpc) is 2.75. The van der Waals surface area contributed by atoms with E-state index in [9.17, 15) is 20.4 Å². The van der Waals surface area contributed by atoms with Crippen LogP contribution in [0.15, 0.2) is 0 Å². The van der Waals surface area contributed by atoms with Gasteiger partial charge in [-0.05, 0) is 50.2 Å². The Balaban J connectivity index is 4.45. The molecule has 7 heteroatoms. The predicted molar refractivity (Wildman–Crippen MR) is 146 cm³/mol. The van der Waals surface area contributed by atoms with Gasteiger partial charge in [-0.15, -0.1) is 0 Å². The first kappa shape index (κ1) is 33.2. The highest BCUT2D eigenvalue weighted by molar-refractivity contribution is 6.77. The zero-order chi connectivity index (χ0) is 25.8. The van der Waals surface area contributed by atoms with Gasteiger partial charge in [-0.1, -0.05) is 72.1 Å². The van der Waals surface area contributed by atoms with Crippen molar-refractivity contribution in [3.05, 3.63) is 0 Å². The summed E-state index contributed by atoms with van der Waals surface area (Å²) in [6, 6.07) is 3.59. The van der Waals surface area contributed by atoms with Gasteiger partial charge >= 0.3 is 0 Å². The minimum atomic E-state index is -1.84. The standard InChI is InChI=1S/C26H58O5Si2/c1-9-25(18-27,19-28)14-15-32(5,6)16-23(3)12-11-13-24(4)17-33(7,8)31-22-26(10-2,20-29)21-30/h23-24,27-30H,9-22H2,1-8H3. The lowest BCUT2D eigenvalue weighted by atomic mass is 9.84. The van der Waals surface area contributed by atoms with Crippen LogP contribution in [0.3, 0.4) is 0 Å². The van der Waals surface area contributed by atoms with Gasteiger partial charge in [0.2, 0.25) is 0 Å². The maximum absolute atomic E-state index is 9.74. The van der Waals surface area contributed by atoms with E-state index in [4.69, 9.17) is 4.43 Å². The molecule has 0 aromatic rings.